The van der Waals surface area contributed by atoms with E-state index in [4.69, 9.17) is 5.73 Å². The third-order valence-electron chi connectivity index (χ3n) is 2.77. The fourth-order valence-corrected chi connectivity index (χ4v) is 2.46. The molecule has 0 aliphatic heterocycles. The van der Waals surface area contributed by atoms with Crippen LogP contribution in [0.1, 0.15) is 23.4 Å². The third-order valence-corrected chi connectivity index (χ3v) is 4.08. The van der Waals surface area contributed by atoms with Gasteiger partial charge in [0, 0.05) is 43.1 Å². The van der Waals surface area contributed by atoms with Gasteiger partial charge in [0.1, 0.15) is 0 Å². The Morgan fingerprint density at radius 1 is 1.39 bits per heavy atom. The first kappa shape index (κ1) is 13.0. The molecule has 1 unspecified atom stereocenters. The van der Waals surface area contributed by atoms with Gasteiger partial charge in [-0.2, -0.15) is 0 Å². The standard InChI is InChI=1S/C13H18N4S/c1-10(14)12-9-16-13(18-12)17(2)8-5-11-3-6-15-7-4-11/h3-4,6-7,9-10H,5,8,14H2,1-2H3. The lowest BCUT2D eigenvalue weighted by Crippen LogP contribution is -2.19. The van der Waals surface area contributed by atoms with Gasteiger partial charge in [0.2, 0.25) is 0 Å². The van der Waals surface area contributed by atoms with Gasteiger partial charge in [-0.3, -0.25) is 4.98 Å². The number of pyridine rings is 1. The van der Waals surface area contributed by atoms with Gasteiger partial charge >= 0.3 is 0 Å². The number of nitrogens with zero attached hydrogens (tertiary/aromatic N) is 3. The van der Waals surface area contributed by atoms with Crippen LogP contribution in [0.3, 0.4) is 0 Å². The molecule has 1 atom stereocenters. The van der Waals surface area contributed by atoms with Crippen LogP contribution in [0, 0.1) is 0 Å². The number of aromatic nitrogens is 2. The summed E-state index contributed by atoms with van der Waals surface area (Å²) < 4.78 is 0. The van der Waals surface area contributed by atoms with E-state index in [1.165, 1.54) is 5.56 Å². The molecule has 5 heteroatoms. The number of anilines is 1. The van der Waals surface area contributed by atoms with Gasteiger partial charge in [0.05, 0.1) is 0 Å². The summed E-state index contributed by atoms with van der Waals surface area (Å²) in [5.41, 5.74) is 7.13. The molecule has 0 spiro atoms. The highest BCUT2D eigenvalue weighted by molar-refractivity contribution is 7.15. The maximum atomic E-state index is 5.84. The molecule has 2 N–H and O–H groups in total. The van der Waals surface area contributed by atoms with Gasteiger partial charge in [0.25, 0.3) is 0 Å². The van der Waals surface area contributed by atoms with Crippen molar-refractivity contribution in [2.75, 3.05) is 18.5 Å². The summed E-state index contributed by atoms with van der Waals surface area (Å²) in [5, 5.41) is 1.02. The Hall–Kier alpha value is -1.46. The van der Waals surface area contributed by atoms with Crippen LogP contribution in [0.5, 0.6) is 0 Å². The van der Waals surface area contributed by atoms with Crippen molar-refractivity contribution in [3.05, 3.63) is 41.2 Å². The molecule has 0 aliphatic rings. The number of thiazole rings is 1. The zero-order valence-corrected chi connectivity index (χ0v) is 11.5. The van der Waals surface area contributed by atoms with E-state index in [2.05, 4.69) is 21.9 Å². The molecule has 0 fully saturated rings. The minimum Gasteiger partial charge on any atom is -0.351 e. The van der Waals surface area contributed by atoms with Crippen molar-refractivity contribution in [2.45, 2.75) is 19.4 Å². The Bertz CT molecular complexity index is 481. The minimum atomic E-state index is 0.0600. The molecule has 0 saturated carbocycles. The third kappa shape index (κ3) is 3.27. The topological polar surface area (TPSA) is 55.0 Å². The molecular weight excluding hydrogens is 244 g/mol. The molecule has 2 aromatic rings. The first-order valence-electron chi connectivity index (χ1n) is 5.98. The molecule has 0 saturated heterocycles. The van der Waals surface area contributed by atoms with Crippen LogP contribution in [0.4, 0.5) is 5.13 Å². The molecule has 0 amide bonds. The second-order valence-corrected chi connectivity index (χ2v) is 5.40. The fourth-order valence-electron chi connectivity index (χ4n) is 1.61. The molecular formula is C13H18N4S. The summed E-state index contributed by atoms with van der Waals surface area (Å²) in [6.45, 7) is 2.92. The second kappa shape index (κ2) is 5.93. The highest BCUT2D eigenvalue weighted by Crippen LogP contribution is 2.25. The van der Waals surface area contributed by atoms with Crippen molar-refractivity contribution < 1.29 is 0 Å². The predicted octanol–water partition coefficient (Wildman–Crippen LogP) is 2.24. The molecule has 2 aromatic heterocycles. The Morgan fingerprint density at radius 2 is 2.11 bits per heavy atom. The number of likely N-dealkylation sites (N-methyl/N-ethyl adjacent to an activating group) is 1. The number of hydrogen-bond donors (Lipinski definition) is 1. The summed E-state index contributed by atoms with van der Waals surface area (Å²) in [6.07, 6.45) is 6.51. The minimum absolute atomic E-state index is 0.0600. The smallest absolute Gasteiger partial charge is 0.185 e. The second-order valence-electron chi connectivity index (χ2n) is 4.36. The molecule has 18 heavy (non-hydrogen) atoms. The van der Waals surface area contributed by atoms with Gasteiger partial charge in [0.15, 0.2) is 5.13 Å². The van der Waals surface area contributed by atoms with E-state index in [1.807, 2.05) is 37.6 Å². The maximum absolute atomic E-state index is 5.84. The average Bonchev–Trinajstić information content (AvgIpc) is 2.87. The van der Waals surface area contributed by atoms with Crippen LogP contribution in [0.2, 0.25) is 0 Å². The lowest BCUT2D eigenvalue weighted by molar-refractivity contribution is 0.834. The molecule has 2 heterocycles. The van der Waals surface area contributed by atoms with E-state index in [0.717, 1.165) is 23.0 Å². The van der Waals surface area contributed by atoms with Gasteiger partial charge < -0.3 is 10.6 Å². The lowest BCUT2D eigenvalue weighted by atomic mass is 10.2. The normalized spacial score (nSPS) is 12.4. The van der Waals surface area contributed by atoms with Crippen molar-refractivity contribution in [2.24, 2.45) is 5.73 Å². The number of hydrogen-bond acceptors (Lipinski definition) is 5. The van der Waals surface area contributed by atoms with Crippen LogP contribution >= 0.6 is 11.3 Å². The van der Waals surface area contributed by atoms with E-state index >= 15 is 0 Å². The summed E-state index contributed by atoms with van der Waals surface area (Å²) in [5.74, 6) is 0. The van der Waals surface area contributed by atoms with E-state index in [1.54, 1.807) is 11.3 Å². The largest absolute Gasteiger partial charge is 0.351 e. The Morgan fingerprint density at radius 3 is 2.72 bits per heavy atom. The van der Waals surface area contributed by atoms with Crippen molar-refractivity contribution in [1.82, 2.24) is 9.97 Å². The van der Waals surface area contributed by atoms with Crippen molar-refractivity contribution in [3.8, 4) is 0 Å². The van der Waals surface area contributed by atoms with Crippen LogP contribution in [0.25, 0.3) is 0 Å². The highest BCUT2D eigenvalue weighted by atomic mass is 32.1. The summed E-state index contributed by atoms with van der Waals surface area (Å²) in [4.78, 5) is 11.7. The Balaban J connectivity index is 1.93. The van der Waals surface area contributed by atoms with Crippen LogP contribution in [-0.2, 0) is 6.42 Å². The van der Waals surface area contributed by atoms with Crippen LogP contribution in [-0.4, -0.2) is 23.6 Å². The van der Waals surface area contributed by atoms with Gasteiger partial charge in [-0.25, -0.2) is 4.98 Å². The van der Waals surface area contributed by atoms with E-state index in [9.17, 15) is 0 Å². The van der Waals surface area contributed by atoms with E-state index in [-0.39, 0.29) is 6.04 Å². The first-order chi connectivity index (χ1) is 8.66. The predicted molar refractivity (Wildman–Crippen MR) is 75.9 cm³/mol. The summed E-state index contributed by atoms with van der Waals surface area (Å²) in [6, 6.07) is 4.15. The average molecular weight is 262 g/mol. The Labute approximate surface area is 111 Å². The van der Waals surface area contributed by atoms with Crippen molar-refractivity contribution >= 4 is 16.5 Å². The number of rotatable bonds is 5. The molecule has 96 valence electrons. The number of nitrogens with two attached hydrogens (primary N) is 1. The van der Waals surface area contributed by atoms with E-state index in [0.29, 0.717) is 0 Å². The van der Waals surface area contributed by atoms with Crippen LogP contribution < -0.4 is 10.6 Å². The quantitative estimate of drug-likeness (QED) is 0.898. The zero-order chi connectivity index (χ0) is 13.0. The monoisotopic (exact) mass is 262 g/mol. The first-order valence-corrected chi connectivity index (χ1v) is 6.80. The SMILES string of the molecule is CC(N)c1cnc(N(C)CCc2ccncc2)s1. The maximum Gasteiger partial charge on any atom is 0.185 e. The lowest BCUT2D eigenvalue weighted by Gasteiger charge is -2.15. The molecule has 0 bridgehead atoms. The highest BCUT2D eigenvalue weighted by Gasteiger charge is 2.09. The molecule has 0 aliphatic carbocycles. The summed E-state index contributed by atoms with van der Waals surface area (Å²) in [7, 11) is 2.06. The van der Waals surface area contributed by atoms with Crippen LogP contribution in [0.15, 0.2) is 30.7 Å². The van der Waals surface area contributed by atoms with Gasteiger partial charge in [-0.1, -0.05) is 0 Å². The molecule has 2 rings (SSSR count). The van der Waals surface area contributed by atoms with E-state index < -0.39 is 0 Å². The fraction of sp³-hybridized carbons (Fsp3) is 0.385. The van der Waals surface area contributed by atoms with Gasteiger partial charge in [-0.15, -0.1) is 11.3 Å². The summed E-state index contributed by atoms with van der Waals surface area (Å²) >= 11 is 1.66. The van der Waals surface area contributed by atoms with Gasteiger partial charge in [-0.05, 0) is 31.0 Å². The van der Waals surface area contributed by atoms with Crippen molar-refractivity contribution in [3.63, 3.8) is 0 Å². The zero-order valence-electron chi connectivity index (χ0n) is 10.7. The molecule has 4 nitrogen and oxygen atoms in total. The molecule has 0 aromatic carbocycles. The van der Waals surface area contributed by atoms with Crippen molar-refractivity contribution in [1.29, 1.82) is 0 Å². The molecule has 0 radical (unpaired) electrons. The Kier molecular flexibility index (Phi) is 4.28.